The first-order valence-electron chi connectivity index (χ1n) is 4.66. The van der Waals surface area contributed by atoms with Crippen molar-refractivity contribution in [2.75, 3.05) is 0 Å². The van der Waals surface area contributed by atoms with Gasteiger partial charge in [0.2, 0.25) is 0 Å². The Labute approximate surface area is 85.7 Å². The molecule has 0 aliphatic heterocycles. The van der Waals surface area contributed by atoms with E-state index in [0.29, 0.717) is 5.70 Å². The minimum Gasteiger partial charge on any atom is -0.392 e. The predicted molar refractivity (Wildman–Crippen MR) is 61.3 cm³/mol. The zero-order valence-corrected chi connectivity index (χ0v) is 8.67. The van der Waals surface area contributed by atoms with Crippen molar-refractivity contribution in [3.05, 3.63) is 47.2 Å². The fourth-order valence-electron chi connectivity index (χ4n) is 1.16. The first kappa shape index (κ1) is 10.4. The molecule has 0 heterocycles. The van der Waals surface area contributed by atoms with Crippen LogP contribution in [-0.4, -0.2) is 0 Å². The second-order valence-electron chi connectivity index (χ2n) is 3.22. The van der Waals surface area contributed by atoms with Crippen molar-refractivity contribution in [1.82, 2.24) is 0 Å². The maximum Gasteiger partial charge on any atom is 0.0827 e. The molecule has 0 unspecified atom stereocenters. The quantitative estimate of drug-likeness (QED) is 0.624. The third-order valence-corrected chi connectivity index (χ3v) is 1.97. The van der Waals surface area contributed by atoms with Crippen molar-refractivity contribution in [3.8, 4) is 11.8 Å². The Bertz CT molecular complexity index is 381. The molecular formula is C13H15N. The topological polar surface area (TPSA) is 26.0 Å². The molecule has 0 aromatic rings. The Balaban J connectivity index is 2.67. The minimum absolute atomic E-state index is 0.611. The van der Waals surface area contributed by atoms with Crippen LogP contribution in [0.3, 0.4) is 0 Å². The Morgan fingerprint density at radius 2 is 2.29 bits per heavy atom. The molecule has 14 heavy (non-hydrogen) atoms. The Hall–Kier alpha value is -1.68. The molecule has 1 rings (SSSR count). The molecule has 0 amide bonds. The van der Waals surface area contributed by atoms with Crippen LogP contribution in [0.2, 0.25) is 0 Å². The molecule has 0 bridgehead atoms. The number of hydrogen-bond donors (Lipinski definition) is 1. The summed E-state index contributed by atoms with van der Waals surface area (Å²) in [6.07, 6.45) is 11.3. The highest BCUT2D eigenvalue weighted by molar-refractivity contribution is 5.38. The van der Waals surface area contributed by atoms with Crippen LogP contribution in [0.4, 0.5) is 0 Å². The van der Waals surface area contributed by atoms with Crippen molar-refractivity contribution in [2.45, 2.75) is 20.3 Å². The van der Waals surface area contributed by atoms with Gasteiger partial charge in [0.1, 0.15) is 0 Å². The van der Waals surface area contributed by atoms with E-state index in [1.165, 1.54) is 11.1 Å². The first-order chi connectivity index (χ1) is 6.72. The fraction of sp³-hybridized carbons (Fsp3) is 0.231. The molecule has 1 nitrogen and oxygen atoms in total. The number of nitrogens with two attached hydrogens (primary N) is 1. The van der Waals surface area contributed by atoms with Crippen LogP contribution < -0.4 is 5.73 Å². The van der Waals surface area contributed by atoms with E-state index in [-0.39, 0.29) is 0 Å². The van der Waals surface area contributed by atoms with Gasteiger partial charge < -0.3 is 5.73 Å². The molecule has 1 aliphatic carbocycles. The molecule has 72 valence electrons. The molecule has 0 spiro atoms. The lowest BCUT2D eigenvalue weighted by Gasteiger charge is -2.03. The van der Waals surface area contributed by atoms with Gasteiger partial charge in [0.05, 0.1) is 5.70 Å². The van der Waals surface area contributed by atoms with Crippen molar-refractivity contribution in [1.29, 1.82) is 0 Å². The SMILES string of the molecule is CC#C/C(N)=C\C=C1\C=CC(C)=CC1. The first-order valence-corrected chi connectivity index (χ1v) is 4.66. The van der Waals surface area contributed by atoms with E-state index in [2.05, 4.69) is 37.0 Å². The summed E-state index contributed by atoms with van der Waals surface area (Å²) in [7, 11) is 0. The average Bonchev–Trinajstić information content (AvgIpc) is 2.17. The maximum atomic E-state index is 5.63. The lowest BCUT2D eigenvalue weighted by atomic mass is 10.0. The van der Waals surface area contributed by atoms with Crippen LogP contribution in [0.1, 0.15) is 20.3 Å². The normalized spacial score (nSPS) is 18.9. The van der Waals surface area contributed by atoms with Gasteiger partial charge in [0, 0.05) is 0 Å². The van der Waals surface area contributed by atoms with Gasteiger partial charge in [-0.3, -0.25) is 0 Å². The van der Waals surface area contributed by atoms with E-state index in [0.717, 1.165) is 6.42 Å². The zero-order chi connectivity index (χ0) is 10.4. The second kappa shape index (κ2) is 5.14. The molecular weight excluding hydrogens is 170 g/mol. The molecule has 0 radical (unpaired) electrons. The Morgan fingerprint density at radius 3 is 2.86 bits per heavy atom. The zero-order valence-electron chi connectivity index (χ0n) is 8.67. The molecule has 2 N–H and O–H groups in total. The molecule has 0 aromatic carbocycles. The van der Waals surface area contributed by atoms with Crippen LogP contribution >= 0.6 is 0 Å². The van der Waals surface area contributed by atoms with Crippen molar-refractivity contribution in [3.63, 3.8) is 0 Å². The van der Waals surface area contributed by atoms with Gasteiger partial charge in [-0.2, -0.15) is 0 Å². The summed E-state index contributed by atoms with van der Waals surface area (Å²) in [5.41, 5.74) is 8.82. The van der Waals surface area contributed by atoms with Gasteiger partial charge in [-0.25, -0.2) is 0 Å². The molecule has 0 fully saturated rings. The highest BCUT2D eigenvalue weighted by atomic mass is 14.5. The third-order valence-electron chi connectivity index (χ3n) is 1.97. The third kappa shape index (κ3) is 3.37. The molecule has 0 saturated heterocycles. The highest BCUT2D eigenvalue weighted by Crippen LogP contribution is 2.14. The van der Waals surface area contributed by atoms with Crippen molar-refractivity contribution >= 4 is 0 Å². The van der Waals surface area contributed by atoms with E-state index in [1.807, 2.05) is 12.2 Å². The molecule has 0 aromatic heterocycles. The largest absolute Gasteiger partial charge is 0.392 e. The maximum absolute atomic E-state index is 5.63. The van der Waals surface area contributed by atoms with Crippen LogP contribution in [0.5, 0.6) is 0 Å². The average molecular weight is 185 g/mol. The van der Waals surface area contributed by atoms with Crippen molar-refractivity contribution < 1.29 is 0 Å². The Kier molecular flexibility index (Phi) is 3.82. The molecule has 1 aliphatic rings. The van der Waals surface area contributed by atoms with Gasteiger partial charge in [-0.05, 0) is 37.8 Å². The summed E-state index contributed by atoms with van der Waals surface area (Å²) >= 11 is 0. The summed E-state index contributed by atoms with van der Waals surface area (Å²) in [5, 5.41) is 0. The number of hydrogen-bond acceptors (Lipinski definition) is 1. The summed E-state index contributed by atoms with van der Waals surface area (Å²) in [4.78, 5) is 0. The molecule has 0 saturated carbocycles. The Morgan fingerprint density at radius 1 is 1.50 bits per heavy atom. The second-order valence-corrected chi connectivity index (χ2v) is 3.22. The molecule has 1 heteroatoms. The standard InChI is InChI=1S/C13H15N/c1-3-4-13(14)10-9-12-7-5-11(2)6-8-12/h5-7,9-10H,8,14H2,1-2H3/b12-9-,13-10+. The lowest BCUT2D eigenvalue weighted by Crippen LogP contribution is -1.92. The number of rotatable bonds is 1. The van der Waals surface area contributed by atoms with Gasteiger partial charge >= 0.3 is 0 Å². The summed E-state index contributed by atoms with van der Waals surface area (Å²) < 4.78 is 0. The summed E-state index contributed by atoms with van der Waals surface area (Å²) in [6, 6.07) is 0. The fourth-order valence-corrected chi connectivity index (χ4v) is 1.16. The summed E-state index contributed by atoms with van der Waals surface area (Å²) in [5.74, 6) is 5.56. The van der Waals surface area contributed by atoms with E-state index in [4.69, 9.17) is 5.73 Å². The number of allylic oxidation sites excluding steroid dienone is 8. The van der Waals surface area contributed by atoms with E-state index in [1.54, 1.807) is 6.92 Å². The minimum atomic E-state index is 0.611. The van der Waals surface area contributed by atoms with E-state index >= 15 is 0 Å². The summed E-state index contributed by atoms with van der Waals surface area (Å²) in [6.45, 7) is 3.88. The molecule has 0 atom stereocenters. The van der Waals surface area contributed by atoms with Crippen LogP contribution in [-0.2, 0) is 0 Å². The van der Waals surface area contributed by atoms with Gasteiger partial charge in [-0.15, -0.1) is 0 Å². The van der Waals surface area contributed by atoms with Crippen LogP contribution in [0.25, 0.3) is 0 Å². The monoisotopic (exact) mass is 185 g/mol. The van der Waals surface area contributed by atoms with E-state index < -0.39 is 0 Å². The lowest BCUT2D eigenvalue weighted by molar-refractivity contribution is 1.21. The highest BCUT2D eigenvalue weighted by Gasteiger charge is 1.95. The van der Waals surface area contributed by atoms with Gasteiger partial charge in [-0.1, -0.05) is 35.8 Å². The van der Waals surface area contributed by atoms with Crippen molar-refractivity contribution in [2.24, 2.45) is 5.73 Å². The van der Waals surface area contributed by atoms with Crippen LogP contribution in [0, 0.1) is 11.8 Å². The predicted octanol–water partition coefficient (Wildman–Crippen LogP) is 2.68. The van der Waals surface area contributed by atoms with Gasteiger partial charge in [0.25, 0.3) is 0 Å². The van der Waals surface area contributed by atoms with Crippen LogP contribution in [0.15, 0.2) is 47.2 Å². The van der Waals surface area contributed by atoms with Gasteiger partial charge in [0.15, 0.2) is 0 Å². The van der Waals surface area contributed by atoms with E-state index in [9.17, 15) is 0 Å². The smallest absolute Gasteiger partial charge is 0.0827 e.